The average molecular weight is 430 g/mol. The van der Waals surface area contributed by atoms with Crippen LogP contribution >= 0.6 is 11.8 Å². The van der Waals surface area contributed by atoms with E-state index in [1.54, 1.807) is 19.2 Å². The fourth-order valence-corrected chi connectivity index (χ4v) is 3.44. The van der Waals surface area contributed by atoms with E-state index in [1.165, 1.54) is 18.0 Å². The summed E-state index contributed by atoms with van der Waals surface area (Å²) in [6.07, 6.45) is 2.14. The van der Waals surface area contributed by atoms with Gasteiger partial charge in [-0.15, -0.1) is 10.2 Å². The number of hydrogen-bond acceptors (Lipinski definition) is 7. The Hall–Kier alpha value is -3.11. The summed E-state index contributed by atoms with van der Waals surface area (Å²) in [4.78, 5) is 23.9. The molecule has 3 rings (SSSR count). The summed E-state index contributed by atoms with van der Waals surface area (Å²) in [6, 6.07) is 12.8. The van der Waals surface area contributed by atoms with Crippen LogP contribution in [0.3, 0.4) is 0 Å². The molecule has 9 nitrogen and oxygen atoms in total. The van der Waals surface area contributed by atoms with Crippen LogP contribution in [0.1, 0.15) is 17.1 Å². The summed E-state index contributed by atoms with van der Waals surface area (Å²) in [7, 11) is 1.63. The maximum atomic E-state index is 12.1. The zero-order chi connectivity index (χ0) is 21.2. The van der Waals surface area contributed by atoms with Crippen LogP contribution in [0.2, 0.25) is 0 Å². The lowest BCUT2D eigenvalue weighted by Crippen LogP contribution is -2.39. The molecule has 2 N–H and O–H groups in total. The molecule has 2 heterocycles. The van der Waals surface area contributed by atoms with Crippen molar-refractivity contribution in [1.82, 2.24) is 25.4 Å². The molecule has 2 aromatic heterocycles. The lowest BCUT2D eigenvalue weighted by atomic mass is 10.1. The predicted molar refractivity (Wildman–Crippen MR) is 111 cm³/mol. The minimum absolute atomic E-state index is 0.0324. The standard InChI is InChI=1S/C20H23N5O4S/c1-28-11-9-25-17(12-15-6-3-2-4-7-15)23-24-20(25)30-14-18(26)22-19(27)21-13-16-8-5-10-29-16/h2-8,10H,9,11-14H2,1H3,(H2,21,22,26,27). The minimum atomic E-state index is -0.581. The van der Waals surface area contributed by atoms with Crippen LogP contribution in [0.4, 0.5) is 4.79 Å². The number of amides is 3. The van der Waals surface area contributed by atoms with Gasteiger partial charge in [0.1, 0.15) is 11.6 Å². The first-order chi connectivity index (χ1) is 14.7. The van der Waals surface area contributed by atoms with Crippen molar-refractivity contribution in [2.75, 3.05) is 19.5 Å². The number of nitrogens with zero attached hydrogens (tertiary/aromatic N) is 3. The van der Waals surface area contributed by atoms with E-state index in [9.17, 15) is 9.59 Å². The van der Waals surface area contributed by atoms with E-state index in [4.69, 9.17) is 9.15 Å². The van der Waals surface area contributed by atoms with Crippen LogP contribution in [0, 0.1) is 0 Å². The van der Waals surface area contributed by atoms with Gasteiger partial charge in [-0.1, -0.05) is 42.1 Å². The molecule has 0 saturated heterocycles. The second kappa shape index (κ2) is 11.2. The van der Waals surface area contributed by atoms with Gasteiger partial charge < -0.3 is 19.0 Å². The fraction of sp³-hybridized carbons (Fsp3) is 0.300. The number of ether oxygens (including phenoxy) is 1. The van der Waals surface area contributed by atoms with Gasteiger partial charge in [0, 0.05) is 20.1 Å². The third-order valence-corrected chi connectivity index (χ3v) is 5.07. The molecule has 0 aliphatic heterocycles. The van der Waals surface area contributed by atoms with E-state index in [0.29, 0.717) is 30.5 Å². The number of carbonyl (C=O) groups is 2. The van der Waals surface area contributed by atoms with Crippen molar-refractivity contribution < 1.29 is 18.7 Å². The molecule has 0 atom stereocenters. The molecule has 1 aromatic carbocycles. The molecule has 0 unspecified atom stereocenters. The van der Waals surface area contributed by atoms with Gasteiger partial charge in [-0.05, 0) is 17.7 Å². The lowest BCUT2D eigenvalue weighted by molar-refractivity contribution is -0.117. The molecule has 0 radical (unpaired) electrons. The second-order valence-electron chi connectivity index (χ2n) is 6.30. The fourth-order valence-electron chi connectivity index (χ4n) is 2.66. The second-order valence-corrected chi connectivity index (χ2v) is 7.25. The molecule has 10 heteroatoms. The zero-order valence-electron chi connectivity index (χ0n) is 16.5. The highest BCUT2D eigenvalue weighted by atomic mass is 32.2. The zero-order valence-corrected chi connectivity index (χ0v) is 17.4. The summed E-state index contributed by atoms with van der Waals surface area (Å²) in [5, 5.41) is 13.9. The van der Waals surface area contributed by atoms with Gasteiger partial charge in [0.2, 0.25) is 5.91 Å². The van der Waals surface area contributed by atoms with Crippen molar-refractivity contribution in [3.05, 3.63) is 65.9 Å². The number of benzene rings is 1. The van der Waals surface area contributed by atoms with Crippen LogP contribution in [-0.2, 0) is 29.0 Å². The third-order valence-electron chi connectivity index (χ3n) is 4.11. The first kappa shape index (κ1) is 21.6. The maximum absolute atomic E-state index is 12.1. The van der Waals surface area contributed by atoms with Crippen molar-refractivity contribution in [3.63, 3.8) is 0 Å². The Bertz CT molecular complexity index is 944. The van der Waals surface area contributed by atoms with Crippen LogP contribution < -0.4 is 10.6 Å². The van der Waals surface area contributed by atoms with Gasteiger partial charge in [-0.25, -0.2) is 4.79 Å². The number of aromatic nitrogens is 3. The Morgan fingerprint density at radius 3 is 2.73 bits per heavy atom. The molecule has 3 aromatic rings. The van der Waals surface area contributed by atoms with Gasteiger partial charge in [0.05, 0.1) is 25.2 Å². The van der Waals surface area contributed by atoms with Gasteiger partial charge in [-0.3, -0.25) is 10.1 Å². The van der Waals surface area contributed by atoms with Crippen molar-refractivity contribution in [3.8, 4) is 0 Å². The highest BCUT2D eigenvalue weighted by Crippen LogP contribution is 2.18. The van der Waals surface area contributed by atoms with Gasteiger partial charge in [-0.2, -0.15) is 0 Å². The van der Waals surface area contributed by atoms with E-state index >= 15 is 0 Å². The molecule has 3 amide bonds. The first-order valence-electron chi connectivity index (χ1n) is 9.33. The summed E-state index contributed by atoms with van der Waals surface area (Å²) in [5.74, 6) is 0.995. The normalized spacial score (nSPS) is 10.7. The number of urea groups is 1. The molecular formula is C20H23N5O4S. The number of furan rings is 1. The molecule has 158 valence electrons. The van der Waals surface area contributed by atoms with E-state index in [1.807, 2.05) is 34.9 Å². The first-order valence-corrected chi connectivity index (χ1v) is 10.3. The van der Waals surface area contributed by atoms with E-state index in [0.717, 1.165) is 11.4 Å². The van der Waals surface area contributed by atoms with E-state index in [-0.39, 0.29) is 12.3 Å². The molecule has 0 saturated carbocycles. The predicted octanol–water partition coefficient (Wildman–Crippen LogP) is 2.23. The molecule has 0 bridgehead atoms. The molecule has 0 aliphatic carbocycles. The number of hydrogen-bond donors (Lipinski definition) is 2. The summed E-state index contributed by atoms with van der Waals surface area (Å²) >= 11 is 1.22. The Balaban J connectivity index is 1.54. The summed E-state index contributed by atoms with van der Waals surface area (Å²) in [5.41, 5.74) is 1.12. The number of thioether (sulfide) groups is 1. The quantitative estimate of drug-likeness (QED) is 0.475. The van der Waals surface area contributed by atoms with Gasteiger partial charge in [0.15, 0.2) is 5.16 Å². The smallest absolute Gasteiger partial charge is 0.321 e. The summed E-state index contributed by atoms with van der Waals surface area (Å²) < 4.78 is 12.2. The third kappa shape index (κ3) is 6.46. The molecule has 0 fully saturated rings. The van der Waals surface area contributed by atoms with Crippen molar-refractivity contribution in [2.45, 2.75) is 24.7 Å². The Labute approximate surface area is 178 Å². The van der Waals surface area contributed by atoms with E-state index < -0.39 is 11.9 Å². The molecule has 0 spiro atoms. The maximum Gasteiger partial charge on any atom is 0.321 e. The van der Waals surface area contributed by atoms with E-state index in [2.05, 4.69) is 20.8 Å². The number of methoxy groups -OCH3 is 1. The monoisotopic (exact) mass is 429 g/mol. The highest BCUT2D eigenvalue weighted by molar-refractivity contribution is 7.99. The Kier molecular flexibility index (Phi) is 8.04. The topological polar surface area (TPSA) is 111 Å². The van der Waals surface area contributed by atoms with Gasteiger partial charge in [0.25, 0.3) is 0 Å². The SMILES string of the molecule is COCCn1c(Cc2ccccc2)nnc1SCC(=O)NC(=O)NCc1ccco1. The molecule has 30 heavy (non-hydrogen) atoms. The number of rotatable bonds is 10. The largest absolute Gasteiger partial charge is 0.467 e. The van der Waals surface area contributed by atoms with Crippen LogP contribution in [0.25, 0.3) is 0 Å². The molecule has 0 aliphatic rings. The summed E-state index contributed by atoms with van der Waals surface area (Å²) in [6.45, 7) is 1.27. The van der Waals surface area contributed by atoms with Crippen LogP contribution in [0.5, 0.6) is 0 Å². The minimum Gasteiger partial charge on any atom is -0.467 e. The van der Waals surface area contributed by atoms with Crippen molar-refractivity contribution in [2.24, 2.45) is 0 Å². The Morgan fingerprint density at radius 1 is 1.17 bits per heavy atom. The van der Waals surface area contributed by atoms with Crippen LogP contribution in [-0.4, -0.2) is 46.2 Å². The number of imide groups is 1. The van der Waals surface area contributed by atoms with Crippen molar-refractivity contribution in [1.29, 1.82) is 0 Å². The molecular weight excluding hydrogens is 406 g/mol. The highest BCUT2D eigenvalue weighted by Gasteiger charge is 2.15. The average Bonchev–Trinajstić information content (AvgIpc) is 3.40. The lowest BCUT2D eigenvalue weighted by Gasteiger charge is -2.10. The van der Waals surface area contributed by atoms with Gasteiger partial charge >= 0.3 is 6.03 Å². The number of nitrogens with one attached hydrogen (secondary N) is 2. The number of carbonyl (C=O) groups excluding carboxylic acids is 2. The van der Waals surface area contributed by atoms with Crippen molar-refractivity contribution >= 4 is 23.7 Å². The Morgan fingerprint density at radius 2 is 2.00 bits per heavy atom. The van der Waals surface area contributed by atoms with Crippen LogP contribution in [0.15, 0.2) is 58.3 Å².